The minimum atomic E-state index is -1.24. The predicted molar refractivity (Wildman–Crippen MR) is 71.6 cm³/mol. The van der Waals surface area contributed by atoms with Crippen LogP contribution in [0.3, 0.4) is 0 Å². The molecule has 0 bridgehead atoms. The number of hydrogen-bond acceptors (Lipinski definition) is 6. The standard InChI is InChI=1S/C10H14IN3O4/c1-10(5-11-17)6(15)4-8(18-10)14-3-2-7(12)13-9(14)16/h2-3,6,8,15H,4-5H2,1H3,(H2,12,13,16). The Bertz CT molecular complexity index is 520. The second kappa shape index (κ2) is 5.02. The van der Waals surface area contributed by atoms with Crippen LogP contribution in [-0.2, 0) is 7.81 Å². The Morgan fingerprint density at radius 1 is 1.78 bits per heavy atom. The zero-order valence-corrected chi connectivity index (χ0v) is 11.9. The summed E-state index contributed by atoms with van der Waals surface area (Å²) in [6, 6.07) is 1.49. The summed E-state index contributed by atoms with van der Waals surface area (Å²) in [5.41, 5.74) is 4.02. The van der Waals surface area contributed by atoms with Crippen LogP contribution in [0, 0.1) is 0 Å². The van der Waals surface area contributed by atoms with Gasteiger partial charge in [-0.1, -0.05) is 0 Å². The second-order valence-electron chi connectivity index (χ2n) is 4.42. The van der Waals surface area contributed by atoms with Crippen molar-refractivity contribution < 1.29 is 12.9 Å². The smallest absolute Gasteiger partial charge is 0.351 e. The van der Waals surface area contributed by atoms with E-state index in [0.717, 1.165) is 0 Å². The van der Waals surface area contributed by atoms with E-state index in [1.165, 1.54) is 16.8 Å². The van der Waals surface area contributed by atoms with Gasteiger partial charge in [-0.25, -0.2) is 4.79 Å². The molecule has 0 aromatic carbocycles. The highest BCUT2D eigenvalue weighted by Crippen LogP contribution is 2.37. The summed E-state index contributed by atoms with van der Waals surface area (Å²) in [7, 11) is 0. The largest absolute Gasteiger partial charge is 0.390 e. The van der Waals surface area contributed by atoms with E-state index in [0.29, 0.717) is 4.43 Å². The summed E-state index contributed by atoms with van der Waals surface area (Å²) in [5.74, 6) is 0.142. The third kappa shape index (κ3) is 2.45. The lowest BCUT2D eigenvalue weighted by atomic mass is 10.0. The van der Waals surface area contributed by atoms with Gasteiger partial charge in [-0.3, -0.25) is 7.64 Å². The SMILES string of the molecule is CC1(CI=O)OC(n2ccc(N)nc2=O)CC1O. The van der Waals surface area contributed by atoms with Crippen molar-refractivity contribution in [3.63, 3.8) is 0 Å². The van der Waals surface area contributed by atoms with Gasteiger partial charge in [-0.15, -0.1) is 0 Å². The van der Waals surface area contributed by atoms with E-state index in [-0.39, 0.29) is 12.2 Å². The number of aromatic nitrogens is 2. The molecule has 2 rings (SSSR count). The summed E-state index contributed by atoms with van der Waals surface area (Å²) in [5, 5.41) is 9.95. The highest BCUT2D eigenvalue weighted by atomic mass is 127. The molecule has 0 radical (unpaired) electrons. The van der Waals surface area contributed by atoms with Crippen molar-refractivity contribution in [2.45, 2.75) is 31.3 Å². The van der Waals surface area contributed by atoms with Gasteiger partial charge in [0.05, 0.1) is 10.5 Å². The normalized spacial score (nSPS) is 31.7. The van der Waals surface area contributed by atoms with Crippen molar-refractivity contribution >= 4 is 27.0 Å². The van der Waals surface area contributed by atoms with Gasteiger partial charge >= 0.3 is 5.69 Å². The fourth-order valence-electron chi connectivity index (χ4n) is 1.92. The number of nitrogens with zero attached hydrogens (tertiary/aromatic N) is 2. The molecule has 2 heterocycles. The van der Waals surface area contributed by atoms with Crippen molar-refractivity contribution in [1.29, 1.82) is 0 Å². The molecule has 8 heteroatoms. The maximum atomic E-state index is 11.7. The van der Waals surface area contributed by atoms with Crippen molar-refractivity contribution in [2.24, 2.45) is 0 Å². The number of anilines is 1. The minimum absolute atomic E-state index is 0.142. The van der Waals surface area contributed by atoms with Gasteiger partial charge in [0.15, 0.2) is 0 Å². The summed E-state index contributed by atoms with van der Waals surface area (Å²) in [4.78, 5) is 15.3. The fraction of sp³-hybridized carbons (Fsp3) is 0.600. The monoisotopic (exact) mass is 367 g/mol. The average Bonchev–Trinajstić information content (AvgIpc) is 2.55. The quantitative estimate of drug-likeness (QED) is 0.583. The van der Waals surface area contributed by atoms with Crippen LogP contribution in [0.25, 0.3) is 0 Å². The Morgan fingerprint density at radius 3 is 3.11 bits per heavy atom. The van der Waals surface area contributed by atoms with Gasteiger partial charge in [0, 0.05) is 12.6 Å². The number of halogens is 1. The van der Waals surface area contributed by atoms with E-state index < -0.39 is 44.8 Å². The van der Waals surface area contributed by atoms with Gasteiger partial charge < -0.3 is 15.6 Å². The molecule has 0 amide bonds. The molecule has 1 fully saturated rings. The highest BCUT2D eigenvalue weighted by molar-refractivity contribution is 14.1. The first-order valence-electron chi connectivity index (χ1n) is 5.38. The summed E-state index contributed by atoms with van der Waals surface area (Å²) in [6.07, 6.45) is 0.410. The number of alkyl halides is 1. The zero-order valence-electron chi connectivity index (χ0n) is 9.75. The van der Waals surface area contributed by atoms with Gasteiger partial charge in [0.25, 0.3) is 0 Å². The third-order valence-electron chi connectivity index (χ3n) is 3.02. The van der Waals surface area contributed by atoms with Crippen LogP contribution in [0.5, 0.6) is 0 Å². The Morgan fingerprint density at radius 2 is 2.50 bits per heavy atom. The lowest BCUT2D eigenvalue weighted by molar-refractivity contribution is -0.0745. The molecule has 3 N–H and O–H groups in total. The van der Waals surface area contributed by atoms with Crippen molar-refractivity contribution in [3.05, 3.63) is 22.7 Å². The third-order valence-corrected chi connectivity index (χ3v) is 4.84. The van der Waals surface area contributed by atoms with E-state index in [4.69, 9.17) is 10.5 Å². The van der Waals surface area contributed by atoms with E-state index in [1.54, 1.807) is 6.92 Å². The number of nitrogen functional groups attached to an aromatic ring is 1. The molecule has 1 saturated heterocycles. The van der Waals surface area contributed by atoms with E-state index in [9.17, 15) is 13.0 Å². The summed E-state index contributed by atoms with van der Waals surface area (Å²) < 4.78 is 18.1. The highest BCUT2D eigenvalue weighted by Gasteiger charge is 2.45. The fourth-order valence-corrected chi connectivity index (χ4v) is 3.23. The van der Waals surface area contributed by atoms with Gasteiger partial charge in [0.1, 0.15) is 38.8 Å². The first kappa shape index (κ1) is 13.6. The van der Waals surface area contributed by atoms with Crippen molar-refractivity contribution in [2.75, 3.05) is 10.2 Å². The molecule has 3 unspecified atom stereocenters. The zero-order chi connectivity index (χ0) is 13.3. The maximum absolute atomic E-state index is 11.7. The number of aliphatic hydroxyl groups excluding tert-OH is 1. The van der Waals surface area contributed by atoms with Crippen LogP contribution in [-0.4, -0.2) is 30.8 Å². The molecule has 3 atom stereocenters. The molecule has 1 aliphatic heterocycles. The molecule has 0 saturated carbocycles. The molecule has 0 spiro atoms. The van der Waals surface area contributed by atoms with Crippen LogP contribution >= 0.6 is 21.2 Å². The van der Waals surface area contributed by atoms with E-state index in [1.807, 2.05) is 0 Å². The molecule has 7 nitrogen and oxygen atoms in total. The van der Waals surface area contributed by atoms with Crippen LogP contribution in [0.2, 0.25) is 0 Å². The Hall–Kier alpha value is -0.870. The molecule has 1 aliphatic rings. The Balaban J connectivity index is 2.27. The van der Waals surface area contributed by atoms with E-state index >= 15 is 0 Å². The van der Waals surface area contributed by atoms with Crippen LogP contribution in [0.15, 0.2) is 17.1 Å². The Labute approximate surface area is 114 Å². The Kier molecular flexibility index (Phi) is 3.78. The topological polar surface area (TPSA) is 107 Å². The van der Waals surface area contributed by atoms with Crippen molar-refractivity contribution in [1.82, 2.24) is 9.55 Å². The van der Waals surface area contributed by atoms with Crippen LogP contribution in [0.4, 0.5) is 5.82 Å². The first-order chi connectivity index (χ1) is 8.46. The number of rotatable bonds is 3. The number of ether oxygens (including phenoxy) is 1. The summed E-state index contributed by atoms with van der Waals surface area (Å²) >= 11 is -1.24. The minimum Gasteiger partial charge on any atom is -0.390 e. The predicted octanol–water partition coefficient (Wildman–Crippen LogP) is 0.180. The van der Waals surface area contributed by atoms with E-state index in [2.05, 4.69) is 4.98 Å². The molecular weight excluding hydrogens is 353 g/mol. The van der Waals surface area contributed by atoms with Crippen LogP contribution < -0.4 is 11.4 Å². The first-order valence-corrected chi connectivity index (χ1v) is 7.79. The lowest BCUT2D eigenvalue weighted by Crippen LogP contribution is -2.38. The molecular formula is C10H14IN3O4. The molecule has 1 aromatic rings. The number of nitrogens with two attached hydrogens (primary N) is 1. The molecule has 0 aliphatic carbocycles. The summed E-state index contributed by atoms with van der Waals surface area (Å²) in [6.45, 7) is 1.70. The number of aliphatic hydroxyl groups is 1. The second-order valence-corrected chi connectivity index (χ2v) is 5.81. The maximum Gasteiger partial charge on any atom is 0.351 e. The molecule has 100 valence electrons. The number of hydrogen-bond donors (Lipinski definition) is 2. The van der Waals surface area contributed by atoms with Crippen LogP contribution in [0.1, 0.15) is 19.6 Å². The molecule has 1 aromatic heterocycles. The molecule has 18 heavy (non-hydrogen) atoms. The lowest BCUT2D eigenvalue weighted by Gasteiger charge is -2.24. The van der Waals surface area contributed by atoms with Gasteiger partial charge in [0.2, 0.25) is 0 Å². The van der Waals surface area contributed by atoms with Crippen molar-refractivity contribution in [3.8, 4) is 0 Å². The van der Waals surface area contributed by atoms with Gasteiger partial charge in [-0.05, 0) is 13.0 Å². The average molecular weight is 367 g/mol. The van der Waals surface area contributed by atoms with Gasteiger partial charge in [-0.2, -0.15) is 4.98 Å².